The third-order valence-corrected chi connectivity index (χ3v) is 8.39. The van der Waals surface area contributed by atoms with Gasteiger partial charge in [-0.15, -0.1) is 0 Å². The van der Waals surface area contributed by atoms with Crippen LogP contribution in [-0.4, -0.2) is 65.6 Å². The molecule has 182 valence electrons. The lowest BCUT2D eigenvalue weighted by Crippen LogP contribution is -2.39. The van der Waals surface area contributed by atoms with Gasteiger partial charge in [0, 0.05) is 32.7 Å². The number of hydrogen-bond acceptors (Lipinski definition) is 6. The van der Waals surface area contributed by atoms with Gasteiger partial charge in [0.1, 0.15) is 5.82 Å². The van der Waals surface area contributed by atoms with E-state index in [1.807, 2.05) is 11.8 Å². The van der Waals surface area contributed by atoms with E-state index in [9.17, 15) is 18.0 Å². The first-order chi connectivity index (χ1) is 15.7. The number of benzene rings is 1. The van der Waals surface area contributed by atoms with Crippen LogP contribution in [0.5, 0.6) is 0 Å². The first kappa shape index (κ1) is 25.2. The second kappa shape index (κ2) is 10.6. The molecular weight excluding hydrogens is 444 g/mol. The summed E-state index contributed by atoms with van der Waals surface area (Å²) in [5, 5.41) is 4.07. The van der Waals surface area contributed by atoms with Crippen molar-refractivity contribution in [1.82, 2.24) is 19.2 Å². The highest BCUT2D eigenvalue weighted by molar-refractivity contribution is 7.92. The molecular formula is C23H34N4O5S. The predicted molar refractivity (Wildman–Crippen MR) is 125 cm³/mol. The molecule has 0 bridgehead atoms. The van der Waals surface area contributed by atoms with Crippen molar-refractivity contribution in [3.8, 4) is 0 Å². The van der Waals surface area contributed by atoms with Crippen molar-refractivity contribution >= 4 is 15.7 Å². The Balaban J connectivity index is 1.61. The maximum atomic E-state index is 12.8. The molecule has 0 atom stereocenters. The number of amides is 1. The average Bonchev–Trinajstić information content (AvgIpc) is 3.13. The molecule has 0 aliphatic carbocycles. The van der Waals surface area contributed by atoms with Crippen molar-refractivity contribution in [3.05, 3.63) is 46.1 Å². The summed E-state index contributed by atoms with van der Waals surface area (Å²) in [5.41, 5.74) is 0.674. The third-order valence-electron chi connectivity index (χ3n) is 6.22. The van der Waals surface area contributed by atoms with E-state index < -0.39 is 15.1 Å². The first-order valence-corrected chi connectivity index (χ1v) is 13.0. The van der Waals surface area contributed by atoms with Crippen molar-refractivity contribution in [1.29, 1.82) is 0 Å². The number of ether oxygens (including phenoxy) is 1. The standard InChI is InChI=1S/C23H34N4O5S/c1-5-26-22(24-27(23(26)29)14-15-32-4)19-10-12-25(13-11-19)21(28)16-18-6-8-20(9-7-18)33(30,31)17(2)3/h6-9,17,19H,5,10-16H2,1-4H3. The minimum atomic E-state index is -3.32. The highest BCUT2D eigenvalue weighted by Crippen LogP contribution is 2.27. The molecule has 0 radical (unpaired) electrons. The molecule has 3 rings (SSSR count). The lowest BCUT2D eigenvalue weighted by Gasteiger charge is -2.31. The molecule has 10 heteroatoms. The van der Waals surface area contributed by atoms with Gasteiger partial charge in [0.05, 0.1) is 29.7 Å². The van der Waals surface area contributed by atoms with Crippen molar-refractivity contribution in [2.75, 3.05) is 26.8 Å². The van der Waals surface area contributed by atoms with Crippen LogP contribution in [0.25, 0.3) is 0 Å². The summed E-state index contributed by atoms with van der Waals surface area (Å²) in [6, 6.07) is 6.58. The van der Waals surface area contributed by atoms with Gasteiger partial charge >= 0.3 is 5.69 Å². The third kappa shape index (κ3) is 5.55. The Labute approximate surface area is 195 Å². The molecule has 9 nitrogen and oxygen atoms in total. The van der Waals surface area contributed by atoms with E-state index >= 15 is 0 Å². The smallest absolute Gasteiger partial charge is 0.345 e. The van der Waals surface area contributed by atoms with Gasteiger partial charge in [-0.05, 0) is 51.3 Å². The SMILES string of the molecule is CCn1c(C2CCN(C(=O)Cc3ccc(S(=O)(=O)C(C)C)cc3)CC2)nn(CCOC)c1=O. The first-order valence-electron chi connectivity index (χ1n) is 11.5. The van der Waals surface area contributed by atoms with Crippen LogP contribution in [0.2, 0.25) is 0 Å². The van der Waals surface area contributed by atoms with E-state index in [1.165, 1.54) is 4.68 Å². The molecule has 1 aliphatic rings. The van der Waals surface area contributed by atoms with Crippen molar-refractivity contribution in [2.45, 2.75) is 69.2 Å². The number of carbonyl (C=O) groups excluding carboxylic acids is 1. The molecule has 33 heavy (non-hydrogen) atoms. The Kier molecular flexibility index (Phi) is 8.12. The molecule has 0 unspecified atom stereocenters. The second-order valence-corrected chi connectivity index (χ2v) is 11.2. The normalized spacial score (nSPS) is 15.4. The van der Waals surface area contributed by atoms with Crippen LogP contribution < -0.4 is 5.69 Å². The molecule has 1 fully saturated rings. The topological polar surface area (TPSA) is 104 Å². The largest absolute Gasteiger partial charge is 0.383 e. The Morgan fingerprint density at radius 1 is 1.18 bits per heavy atom. The van der Waals surface area contributed by atoms with Gasteiger partial charge < -0.3 is 9.64 Å². The quantitative estimate of drug-likeness (QED) is 0.545. The van der Waals surface area contributed by atoms with Crippen LogP contribution in [-0.2, 0) is 38.9 Å². The summed E-state index contributed by atoms with van der Waals surface area (Å²) in [6.07, 6.45) is 1.73. The second-order valence-electron chi connectivity index (χ2n) is 8.67. The van der Waals surface area contributed by atoms with Gasteiger partial charge in [0.15, 0.2) is 9.84 Å². The summed E-state index contributed by atoms with van der Waals surface area (Å²) in [5.74, 6) is 0.935. The molecule has 1 saturated heterocycles. The summed E-state index contributed by atoms with van der Waals surface area (Å²) in [6.45, 7) is 7.85. The molecule has 2 heterocycles. The van der Waals surface area contributed by atoms with E-state index in [0.717, 1.165) is 24.2 Å². The molecule has 1 aliphatic heterocycles. The van der Waals surface area contributed by atoms with Crippen molar-refractivity contribution in [3.63, 3.8) is 0 Å². The van der Waals surface area contributed by atoms with E-state index in [4.69, 9.17) is 4.74 Å². The van der Waals surface area contributed by atoms with Gasteiger partial charge in [-0.2, -0.15) is 5.10 Å². The highest BCUT2D eigenvalue weighted by Gasteiger charge is 2.28. The van der Waals surface area contributed by atoms with Crippen LogP contribution in [0, 0.1) is 0 Å². The number of piperidine rings is 1. The average molecular weight is 479 g/mol. The number of sulfone groups is 1. The maximum absolute atomic E-state index is 12.8. The van der Waals surface area contributed by atoms with Gasteiger partial charge in [-0.1, -0.05) is 12.1 Å². The fraction of sp³-hybridized carbons (Fsp3) is 0.609. The summed E-state index contributed by atoms with van der Waals surface area (Å²) < 4.78 is 32.8. The number of likely N-dealkylation sites (tertiary alicyclic amines) is 1. The van der Waals surface area contributed by atoms with Crippen LogP contribution in [0.15, 0.2) is 34.0 Å². The van der Waals surface area contributed by atoms with Gasteiger partial charge in [0.25, 0.3) is 0 Å². The maximum Gasteiger partial charge on any atom is 0.345 e. The molecule has 0 saturated carbocycles. The zero-order valence-electron chi connectivity index (χ0n) is 19.9. The fourth-order valence-corrected chi connectivity index (χ4v) is 5.18. The Bertz CT molecular complexity index is 1110. The van der Waals surface area contributed by atoms with Crippen molar-refractivity contribution in [2.24, 2.45) is 0 Å². The molecule has 0 N–H and O–H groups in total. The highest BCUT2D eigenvalue weighted by atomic mass is 32.2. The molecule has 1 amide bonds. The molecule has 2 aromatic rings. The number of carbonyl (C=O) groups is 1. The predicted octanol–water partition coefficient (Wildman–Crippen LogP) is 1.84. The number of rotatable bonds is 9. The minimum absolute atomic E-state index is 0.0198. The van der Waals surface area contributed by atoms with E-state index in [2.05, 4.69) is 5.10 Å². The number of aromatic nitrogens is 3. The fourth-order valence-electron chi connectivity index (χ4n) is 4.12. The zero-order valence-corrected chi connectivity index (χ0v) is 20.7. The monoisotopic (exact) mass is 478 g/mol. The summed E-state index contributed by atoms with van der Waals surface area (Å²) >= 11 is 0. The van der Waals surface area contributed by atoms with Crippen LogP contribution in [0.3, 0.4) is 0 Å². The van der Waals surface area contributed by atoms with Crippen molar-refractivity contribution < 1.29 is 17.9 Å². The molecule has 0 spiro atoms. The van der Waals surface area contributed by atoms with Gasteiger partial charge in [0.2, 0.25) is 5.91 Å². The number of methoxy groups -OCH3 is 1. The molecule has 1 aromatic heterocycles. The van der Waals surface area contributed by atoms with Crippen LogP contribution in [0.1, 0.15) is 50.9 Å². The summed E-state index contributed by atoms with van der Waals surface area (Å²) in [7, 11) is -1.73. The van der Waals surface area contributed by atoms with E-state index in [1.54, 1.807) is 49.8 Å². The number of hydrogen-bond donors (Lipinski definition) is 0. The minimum Gasteiger partial charge on any atom is -0.383 e. The lowest BCUT2D eigenvalue weighted by atomic mass is 9.95. The van der Waals surface area contributed by atoms with Gasteiger partial charge in [-0.3, -0.25) is 9.36 Å². The zero-order chi connectivity index (χ0) is 24.2. The molecule has 1 aromatic carbocycles. The van der Waals surface area contributed by atoms with Crippen LogP contribution in [0.4, 0.5) is 0 Å². The van der Waals surface area contributed by atoms with Gasteiger partial charge in [-0.25, -0.2) is 17.9 Å². The number of nitrogens with zero attached hydrogens (tertiary/aromatic N) is 4. The van der Waals surface area contributed by atoms with E-state index in [-0.39, 0.29) is 28.8 Å². The Hall–Kier alpha value is -2.46. The van der Waals surface area contributed by atoms with Crippen LogP contribution >= 0.6 is 0 Å². The lowest BCUT2D eigenvalue weighted by molar-refractivity contribution is -0.131. The Morgan fingerprint density at radius 3 is 2.36 bits per heavy atom. The Morgan fingerprint density at radius 2 is 1.82 bits per heavy atom. The van der Waals surface area contributed by atoms with E-state index in [0.29, 0.717) is 32.8 Å². The summed E-state index contributed by atoms with van der Waals surface area (Å²) in [4.78, 5) is 27.5.